The Morgan fingerprint density at radius 2 is 2.17 bits per heavy atom. The number of sulfone groups is 1. The van der Waals surface area contributed by atoms with Gasteiger partial charge in [0.25, 0.3) is 0 Å². The molecule has 1 amide bonds. The third kappa shape index (κ3) is 0.906. The van der Waals surface area contributed by atoms with E-state index in [2.05, 4.69) is 0 Å². The molecule has 0 spiro atoms. The molecule has 0 aliphatic carbocycles. The Kier molecular flexibility index (Phi) is 1.39. The topological polar surface area (TPSA) is 74.7 Å². The van der Waals surface area contributed by atoms with E-state index in [1.165, 1.54) is 4.90 Å². The quantitative estimate of drug-likeness (QED) is 0.562. The molecule has 12 heavy (non-hydrogen) atoms. The van der Waals surface area contributed by atoms with E-state index >= 15 is 0 Å². The summed E-state index contributed by atoms with van der Waals surface area (Å²) in [7, 11) is -2.96. The predicted octanol–water partition coefficient (Wildman–Crippen LogP) is -0.464. The van der Waals surface area contributed by atoms with Gasteiger partial charge in [0.2, 0.25) is 0 Å². The summed E-state index contributed by atoms with van der Waals surface area (Å²) in [5, 5.41) is 8.20. The van der Waals surface area contributed by atoms with Gasteiger partial charge in [0.1, 0.15) is 0 Å². The summed E-state index contributed by atoms with van der Waals surface area (Å²) >= 11 is 0. The first-order valence-corrected chi connectivity index (χ1v) is 5.43. The zero-order chi connectivity index (χ0) is 8.93. The smallest absolute Gasteiger partial charge is 0.407 e. The van der Waals surface area contributed by atoms with Crippen LogP contribution in [0.25, 0.3) is 0 Å². The molecule has 68 valence electrons. The number of carboxylic acid groups (broad SMARTS) is 1. The summed E-state index contributed by atoms with van der Waals surface area (Å²) in [5.41, 5.74) is 0. The maximum atomic E-state index is 11.2. The Balaban J connectivity index is 2.24. The number of amides is 1. The summed E-state index contributed by atoms with van der Waals surface area (Å²) in [6.45, 7) is 0.169. The SMILES string of the molecule is O=C(O)N1CC2CC1CS2(=O)=O. The molecular formula is C6H9NO4S. The zero-order valence-corrected chi connectivity index (χ0v) is 7.12. The second kappa shape index (κ2) is 2.12. The van der Waals surface area contributed by atoms with Gasteiger partial charge in [0.05, 0.1) is 17.0 Å². The third-order valence-electron chi connectivity index (χ3n) is 2.55. The first kappa shape index (κ1) is 7.85. The molecule has 0 saturated carbocycles. The van der Waals surface area contributed by atoms with Gasteiger partial charge in [0, 0.05) is 6.54 Å². The van der Waals surface area contributed by atoms with E-state index in [0.717, 1.165) is 0 Å². The molecule has 2 atom stereocenters. The Bertz CT molecular complexity index is 322. The molecule has 0 aromatic rings. The van der Waals surface area contributed by atoms with Crippen molar-refractivity contribution in [3.63, 3.8) is 0 Å². The largest absolute Gasteiger partial charge is 0.465 e. The van der Waals surface area contributed by atoms with Crippen LogP contribution in [0, 0.1) is 0 Å². The van der Waals surface area contributed by atoms with Gasteiger partial charge in [-0.1, -0.05) is 0 Å². The molecule has 2 aliphatic rings. The van der Waals surface area contributed by atoms with E-state index in [9.17, 15) is 13.2 Å². The Labute approximate surface area is 69.9 Å². The van der Waals surface area contributed by atoms with Crippen molar-refractivity contribution >= 4 is 15.9 Å². The fourth-order valence-corrected chi connectivity index (χ4v) is 3.96. The highest BCUT2D eigenvalue weighted by molar-refractivity contribution is 7.92. The van der Waals surface area contributed by atoms with Crippen molar-refractivity contribution in [2.24, 2.45) is 0 Å². The van der Waals surface area contributed by atoms with Crippen molar-refractivity contribution in [2.75, 3.05) is 12.3 Å². The molecule has 0 aromatic heterocycles. The molecule has 2 rings (SSSR count). The molecule has 5 nitrogen and oxygen atoms in total. The molecule has 2 aliphatic heterocycles. The Hall–Kier alpha value is -0.780. The molecular weight excluding hydrogens is 182 g/mol. The van der Waals surface area contributed by atoms with E-state index in [4.69, 9.17) is 5.11 Å². The summed E-state index contributed by atoms with van der Waals surface area (Å²) in [6.07, 6.45) is -0.508. The fourth-order valence-electron chi connectivity index (χ4n) is 1.93. The number of carbonyl (C=O) groups is 1. The number of fused-ring (bicyclic) bond motifs is 2. The van der Waals surface area contributed by atoms with Gasteiger partial charge in [0.15, 0.2) is 9.84 Å². The minimum Gasteiger partial charge on any atom is -0.465 e. The lowest BCUT2D eigenvalue weighted by molar-refractivity contribution is 0.143. The first-order valence-electron chi connectivity index (χ1n) is 3.72. The van der Waals surface area contributed by atoms with Crippen molar-refractivity contribution in [1.29, 1.82) is 0 Å². The molecule has 2 bridgehead atoms. The Morgan fingerprint density at radius 1 is 1.50 bits per heavy atom. The highest BCUT2D eigenvalue weighted by atomic mass is 32.2. The van der Waals surface area contributed by atoms with Crippen molar-refractivity contribution < 1.29 is 18.3 Å². The van der Waals surface area contributed by atoms with Crippen molar-refractivity contribution in [3.05, 3.63) is 0 Å². The molecule has 2 unspecified atom stereocenters. The van der Waals surface area contributed by atoms with Gasteiger partial charge in [-0.2, -0.15) is 0 Å². The van der Waals surface area contributed by atoms with E-state index in [1.54, 1.807) is 0 Å². The van der Waals surface area contributed by atoms with Crippen LogP contribution in [0.2, 0.25) is 0 Å². The van der Waals surface area contributed by atoms with Gasteiger partial charge in [-0.3, -0.25) is 0 Å². The van der Waals surface area contributed by atoms with Crippen LogP contribution in [0.15, 0.2) is 0 Å². The summed E-state index contributed by atoms with van der Waals surface area (Å²) in [5.74, 6) is 0.0178. The van der Waals surface area contributed by atoms with Crippen molar-refractivity contribution in [2.45, 2.75) is 17.7 Å². The van der Waals surface area contributed by atoms with Crippen LogP contribution in [0.4, 0.5) is 4.79 Å². The molecule has 6 heteroatoms. The second-order valence-corrected chi connectivity index (χ2v) is 5.60. The molecule has 2 heterocycles. The monoisotopic (exact) mass is 191 g/mol. The number of hydrogen-bond donors (Lipinski definition) is 1. The molecule has 2 saturated heterocycles. The number of likely N-dealkylation sites (tertiary alicyclic amines) is 1. The third-order valence-corrected chi connectivity index (χ3v) is 4.76. The van der Waals surface area contributed by atoms with E-state index < -0.39 is 21.2 Å². The van der Waals surface area contributed by atoms with Crippen LogP contribution < -0.4 is 0 Å². The lowest BCUT2D eigenvalue weighted by Gasteiger charge is -2.23. The normalized spacial score (nSPS) is 37.2. The maximum absolute atomic E-state index is 11.2. The van der Waals surface area contributed by atoms with Crippen LogP contribution in [0.3, 0.4) is 0 Å². The summed E-state index contributed by atoms with van der Waals surface area (Å²) in [4.78, 5) is 11.8. The Morgan fingerprint density at radius 3 is 2.50 bits per heavy atom. The van der Waals surface area contributed by atoms with Gasteiger partial charge in [-0.25, -0.2) is 13.2 Å². The summed E-state index contributed by atoms with van der Waals surface area (Å²) < 4.78 is 22.3. The maximum Gasteiger partial charge on any atom is 0.407 e. The zero-order valence-electron chi connectivity index (χ0n) is 6.30. The molecule has 0 aromatic carbocycles. The fraction of sp³-hybridized carbons (Fsp3) is 0.833. The van der Waals surface area contributed by atoms with Gasteiger partial charge < -0.3 is 10.0 Å². The van der Waals surface area contributed by atoms with Gasteiger partial charge >= 0.3 is 6.09 Å². The molecule has 1 N–H and O–H groups in total. The van der Waals surface area contributed by atoms with Crippen LogP contribution in [0.1, 0.15) is 6.42 Å². The summed E-state index contributed by atoms with van der Waals surface area (Å²) in [6, 6.07) is -0.280. The first-order chi connectivity index (χ1) is 5.50. The standard InChI is InChI=1S/C6H9NO4S/c8-6(9)7-2-5-1-4(7)3-12(5,10)11/h4-5H,1-3H2,(H,8,9). The average Bonchev–Trinajstić information content (AvgIpc) is 2.40. The van der Waals surface area contributed by atoms with Crippen LogP contribution >= 0.6 is 0 Å². The second-order valence-electron chi connectivity index (χ2n) is 3.28. The number of nitrogens with zero attached hydrogens (tertiary/aromatic N) is 1. The van der Waals surface area contributed by atoms with Crippen molar-refractivity contribution in [1.82, 2.24) is 4.90 Å². The molecule has 0 radical (unpaired) electrons. The van der Waals surface area contributed by atoms with E-state index in [1.807, 2.05) is 0 Å². The highest BCUT2D eigenvalue weighted by Gasteiger charge is 2.50. The number of rotatable bonds is 0. The van der Waals surface area contributed by atoms with Crippen LogP contribution in [-0.2, 0) is 9.84 Å². The van der Waals surface area contributed by atoms with E-state index in [-0.39, 0.29) is 18.3 Å². The van der Waals surface area contributed by atoms with Crippen molar-refractivity contribution in [3.8, 4) is 0 Å². The van der Waals surface area contributed by atoms with E-state index in [0.29, 0.717) is 6.42 Å². The van der Waals surface area contributed by atoms with Gasteiger partial charge in [-0.05, 0) is 6.42 Å². The number of hydrogen-bond acceptors (Lipinski definition) is 3. The average molecular weight is 191 g/mol. The molecule has 2 fully saturated rings. The predicted molar refractivity (Wildman–Crippen MR) is 40.7 cm³/mol. The minimum atomic E-state index is -2.96. The van der Waals surface area contributed by atoms with Gasteiger partial charge in [-0.15, -0.1) is 0 Å². The van der Waals surface area contributed by atoms with Crippen LogP contribution in [0.5, 0.6) is 0 Å². The lowest BCUT2D eigenvalue weighted by atomic mass is 10.2. The lowest BCUT2D eigenvalue weighted by Crippen LogP contribution is -2.43. The highest BCUT2D eigenvalue weighted by Crippen LogP contribution is 2.32. The minimum absolute atomic E-state index is 0.0178. The van der Waals surface area contributed by atoms with Crippen LogP contribution in [-0.4, -0.2) is 48.1 Å².